The van der Waals surface area contributed by atoms with Crippen LogP contribution in [0.4, 0.5) is 0 Å². The van der Waals surface area contributed by atoms with Crippen molar-refractivity contribution in [1.82, 2.24) is 9.78 Å². The minimum Gasteiger partial charge on any atom is -0.490 e. The van der Waals surface area contributed by atoms with Crippen molar-refractivity contribution >= 4 is 22.8 Å². The summed E-state index contributed by atoms with van der Waals surface area (Å²) in [6.07, 6.45) is 6.54. The molecule has 1 atom stereocenters. The zero-order chi connectivity index (χ0) is 23.8. The van der Waals surface area contributed by atoms with Crippen molar-refractivity contribution in [2.45, 2.75) is 19.6 Å². The number of rotatable bonds is 10. The summed E-state index contributed by atoms with van der Waals surface area (Å²) in [7, 11) is 1.68. The van der Waals surface area contributed by atoms with Gasteiger partial charge in [-0.3, -0.25) is 4.68 Å². The Kier molecular flexibility index (Phi) is 7.73. The van der Waals surface area contributed by atoms with Crippen LogP contribution in [0.1, 0.15) is 29.7 Å². The van der Waals surface area contributed by atoms with Gasteiger partial charge in [-0.2, -0.15) is 5.10 Å². The first-order valence-corrected chi connectivity index (χ1v) is 11.3. The number of carbonyl (C=O) groups excluding carboxylic acids is 1. The molecule has 174 valence electrons. The highest BCUT2D eigenvalue weighted by Crippen LogP contribution is 2.27. The molecule has 6 heteroatoms. The minimum absolute atomic E-state index is 0.249. The van der Waals surface area contributed by atoms with Gasteiger partial charge in [0, 0.05) is 31.1 Å². The molecule has 6 nitrogen and oxygen atoms in total. The van der Waals surface area contributed by atoms with Gasteiger partial charge in [0.1, 0.15) is 18.5 Å². The average Bonchev–Trinajstić information content (AvgIpc) is 3.37. The molecular weight excluding hydrogens is 428 g/mol. The van der Waals surface area contributed by atoms with E-state index in [2.05, 4.69) is 35.4 Å². The van der Waals surface area contributed by atoms with Crippen LogP contribution >= 0.6 is 0 Å². The second-order valence-corrected chi connectivity index (χ2v) is 7.80. The fourth-order valence-corrected chi connectivity index (χ4v) is 3.74. The van der Waals surface area contributed by atoms with E-state index in [1.165, 1.54) is 11.5 Å². The van der Waals surface area contributed by atoms with Crippen molar-refractivity contribution in [2.24, 2.45) is 0 Å². The number of fused-ring (bicyclic) bond motifs is 1. The van der Waals surface area contributed by atoms with Crippen LogP contribution in [0.5, 0.6) is 5.75 Å². The fourth-order valence-electron chi connectivity index (χ4n) is 3.74. The van der Waals surface area contributed by atoms with E-state index in [-0.39, 0.29) is 12.1 Å². The minimum atomic E-state index is -0.389. The first-order valence-electron chi connectivity index (χ1n) is 11.3. The lowest BCUT2D eigenvalue weighted by atomic mass is 10.0. The number of hydrogen-bond donors (Lipinski definition) is 0. The molecule has 0 aliphatic rings. The molecule has 0 bridgehead atoms. The molecule has 0 amide bonds. The molecule has 0 aliphatic heterocycles. The van der Waals surface area contributed by atoms with Crippen LogP contribution in [-0.4, -0.2) is 36.1 Å². The number of hydrogen-bond acceptors (Lipinski definition) is 5. The quantitative estimate of drug-likeness (QED) is 0.235. The average molecular weight is 457 g/mol. The lowest BCUT2D eigenvalue weighted by molar-refractivity contribution is -0.137. The first kappa shape index (κ1) is 23.3. The molecule has 0 aliphatic carbocycles. The molecule has 0 fully saturated rings. The van der Waals surface area contributed by atoms with Crippen molar-refractivity contribution in [2.75, 3.05) is 20.3 Å². The number of esters is 1. The van der Waals surface area contributed by atoms with Crippen LogP contribution in [0.2, 0.25) is 0 Å². The highest BCUT2D eigenvalue weighted by Gasteiger charge is 2.14. The van der Waals surface area contributed by atoms with Crippen molar-refractivity contribution in [1.29, 1.82) is 0 Å². The van der Waals surface area contributed by atoms with Gasteiger partial charge in [-0.1, -0.05) is 48.5 Å². The largest absolute Gasteiger partial charge is 0.490 e. The van der Waals surface area contributed by atoms with Crippen LogP contribution in [0.15, 0.2) is 85.2 Å². The van der Waals surface area contributed by atoms with Gasteiger partial charge in [-0.25, -0.2) is 4.79 Å². The normalized spacial score (nSPS) is 12.2. The molecule has 1 unspecified atom stereocenters. The summed E-state index contributed by atoms with van der Waals surface area (Å²) in [5, 5.41) is 6.61. The molecule has 0 radical (unpaired) electrons. The maximum atomic E-state index is 11.8. The Morgan fingerprint density at radius 2 is 1.91 bits per heavy atom. The van der Waals surface area contributed by atoms with Gasteiger partial charge in [-0.05, 0) is 53.1 Å². The van der Waals surface area contributed by atoms with E-state index in [4.69, 9.17) is 14.2 Å². The van der Waals surface area contributed by atoms with Gasteiger partial charge in [-0.15, -0.1) is 0 Å². The van der Waals surface area contributed by atoms with Crippen LogP contribution in [0.3, 0.4) is 0 Å². The van der Waals surface area contributed by atoms with E-state index in [0.29, 0.717) is 25.5 Å². The molecule has 0 spiro atoms. The predicted molar refractivity (Wildman–Crippen MR) is 133 cm³/mol. The summed E-state index contributed by atoms with van der Waals surface area (Å²) < 4.78 is 18.9. The Labute approximate surface area is 199 Å². The summed E-state index contributed by atoms with van der Waals surface area (Å²) in [6.45, 7) is 3.04. The molecular formula is C28H28N2O4. The molecule has 4 aromatic rings. The second-order valence-electron chi connectivity index (χ2n) is 7.80. The zero-order valence-corrected chi connectivity index (χ0v) is 19.4. The third-order valence-corrected chi connectivity index (χ3v) is 5.49. The van der Waals surface area contributed by atoms with Crippen molar-refractivity contribution in [3.8, 4) is 5.75 Å². The first-order chi connectivity index (χ1) is 16.7. The number of methoxy groups -OCH3 is 1. The fraction of sp³-hybridized carbons (Fsp3) is 0.214. The second kappa shape index (κ2) is 11.3. The molecule has 4 rings (SSSR count). The van der Waals surface area contributed by atoms with Gasteiger partial charge in [0.05, 0.1) is 13.2 Å². The standard InChI is InChI=1S/C28H28N2O4/c1-3-33-28(31)14-13-23-10-9-21(19-30-16-6-15-29-30)17-26(23)34-20-27(32-2)25-12-11-22-7-4-5-8-24(22)18-25/h4-18,27H,3,19-20H2,1-2H3. The van der Waals surface area contributed by atoms with Gasteiger partial charge in [0.25, 0.3) is 0 Å². The highest BCUT2D eigenvalue weighted by molar-refractivity contribution is 5.87. The van der Waals surface area contributed by atoms with Crippen LogP contribution in [0.25, 0.3) is 16.8 Å². The van der Waals surface area contributed by atoms with Gasteiger partial charge in [0.2, 0.25) is 0 Å². The molecule has 1 aromatic heterocycles. The molecule has 0 N–H and O–H groups in total. The smallest absolute Gasteiger partial charge is 0.330 e. The van der Waals surface area contributed by atoms with Crippen molar-refractivity contribution < 1.29 is 19.0 Å². The third-order valence-electron chi connectivity index (χ3n) is 5.49. The number of ether oxygens (including phenoxy) is 3. The monoisotopic (exact) mass is 456 g/mol. The van der Waals surface area contributed by atoms with Crippen LogP contribution in [-0.2, 0) is 20.8 Å². The Morgan fingerprint density at radius 1 is 1.06 bits per heavy atom. The molecule has 0 saturated heterocycles. The molecule has 0 saturated carbocycles. The van der Waals surface area contributed by atoms with Gasteiger partial charge < -0.3 is 14.2 Å². The van der Waals surface area contributed by atoms with E-state index >= 15 is 0 Å². The lowest BCUT2D eigenvalue weighted by Gasteiger charge is -2.19. The van der Waals surface area contributed by atoms with E-state index in [9.17, 15) is 4.79 Å². The van der Waals surface area contributed by atoms with E-state index in [1.54, 1.807) is 26.3 Å². The summed E-state index contributed by atoms with van der Waals surface area (Å²) in [5.41, 5.74) is 2.86. The molecule has 3 aromatic carbocycles. The summed E-state index contributed by atoms with van der Waals surface area (Å²) in [6, 6.07) is 22.3. The van der Waals surface area contributed by atoms with Crippen LogP contribution in [0, 0.1) is 0 Å². The summed E-state index contributed by atoms with van der Waals surface area (Å²) in [4.78, 5) is 11.8. The maximum Gasteiger partial charge on any atom is 0.330 e. The number of nitrogens with zero attached hydrogens (tertiary/aromatic N) is 2. The predicted octanol–water partition coefficient (Wildman–Crippen LogP) is 5.43. The lowest BCUT2D eigenvalue weighted by Crippen LogP contribution is -2.13. The van der Waals surface area contributed by atoms with Gasteiger partial charge >= 0.3 is 5.97 Å². The Hall–Kier alpha value is -3.90. The van der Waals surface area contributed by atoms with E-state index in [1.807, 2.05) is 47.3 Å². The Balaban J connectivity index is 1.56. The van der Waals surface area contributed by atoms with Gasteiger partial charge in [0.15, 0.2) is 0 Å². The molecule has 34 heavy (non-hydrogen) atoms. The highest BCUT2D eigenvalue weighted by atomic mass is 16.5. The van der Waals surface area contributed by atoms with Crippen molar-refractivity contribution in [3.63, 3.8) is 0 Å². The number of aromatic nitrogens is 2. The third kappa shape index (κ3) is 5.91. The number of benzene rings is 3. The van der Waals surface area contributed by atoms with E-state index in [0.717, 1.165) is 22.1 Å². The maximum absolute atomic E-state index is 11.8. The zero-order valence-electron chi connectivity index (χ0n) is 19.4. The Bertz CT molecular complexity index is 1260. The molecule has 1 heterocycles. The van der Waals surface area contributed by atoms with Crippen LogP contribution < -0.4 is 4.74 Å². The number of carbonyl (C=O) groups is 1. The summed E-state index contributed by atoms with van der Waals surface area (Å²) >= 11 is 0. The van der Waals surface area contributed by atoms with Crippen molar-refractivity contribution in [3.05, 3.63) is 102 Å². The Morgan fingerprint density at radius 3 is 2.68 bits per heavy atom. The van der Waals surface area contributed by atoms with E-state index < -0.39 is 0 Å². The topological polar surface area (TPSA) is 62.6 Å². The SMILES string of the molecule is CCOC(=O)C=Cc1ccc(Cn2cccn2)cc1OCC(OC)c1ccc2ccccc2c1. The summed E-state index contributed by atoms with van der Waals surface area (Å²) in [5.74, 6) is 0.271.